The molecule has 1 aliphatic rings. The van der Waals surface area contributed by atoms with Gasteiger partial charge in [-0.1, -0.05) is 12.8 Å². The van der Waals surface area contributed by atoms with Crippen LogP contribution >= 0.6 is 31.9 Å². The monoisotopic (exact) mass is 375 g/mol. The number of pyridine rings is 1. The molecule has 3 nitrogen and oxygen atoms in total. The first kappa shape index (κ1) is 14.3. The second kappa shape index (κ2) is 6.87. The third-order valence-electron chi connectivity index (χ3n) is 3.71. The first-order chi connectivity index (χ1) is 8.70. The van der Waals surface area contributed by atoms with Crippen molar-refractivity contribution in [2.45, 2.75) is 25.7 Å². The zero-order valence-corrected chi connectivity index (χ0v) is 13.5. The Morgan fingerprint density at radius 1 is 1.28 bits per heavy atom. The zero-order valence-electron chi connectivity index (χ0n) is 10.3. The minimum absolute atomic E-state index is 0.667. The number of hydrogen-bond acceptors (Lipinski definition) is 3. The summed E-state index contributed by atoms with van der Waals surface area (Å²) in [4.78, 5) is 4.38. The van der Waals surface area contributed by atoms with E-state index in [4.69, 9.17) is 5.73 Å². The molecular formula is C13H19Br2N3. The fourth-order valence-electron chi connectivity index (χ4n) is 2.64. The number of rotatable bonds is 4. The Labute approximate surface area is 125 Å². The molecule has 0 amide bonds. The van der Waals surface area contributed by atoms with Crippen LogP contribution in [0.5, 0.6) is 0 Å². The first-order valence-electron chi connectivity index (χ1n) is 6.45. The van der Waals surface area contributed by atoms with Crippen molar-refractivity contribution < 1.29 is 0 Å². The number of nitrogens with two attached hydrogens (primary N) is 1. The highest BCUT2D eigenvalue weighted by molar-refractivity contribution is 9.11. The van der Waals surface area contributed by atoms with E-state index in [2.05, 4.69) is 42.2 Å². The van der Waals surface area contributed by atoms with E-state index in [1.807, 2.05) is 12.3 Å². The summed E-state index contributed by atoms with van der Waals surface area (Å²) in [5, 5.41) is 3.44. The molecule has 100 valence electrons. The number of aromatic nitrogens is 1. The average molecular weight is 377 g/mol. The van der Waals surface area contributed by atoms with Crippen LogP contribution < -0.4 is 11.1 Å². The number of nitrogens with one attached hydrogen (secondary N) is 1. The van der Waals surface area contributed by atoms with Crippen molar-refractivity contribution in [1.29, 1.82) is 0 Å². The molecule has 2 rings (SSSR count). The van der Waals surface area contributed by atoms with Gasteiger partial charge in [0.25, 0.3) is 0 Å². The number of anilines is 1. The van der Waals surface area contributed by atoms with Gasteiger partial charge in [-0.05, 0) is 69.1 Å². The Kier molecular flexibility index (Phi) is 5.45. The smallest absolute Gasteiger partial charge is 0.140 e. The predicted octanol–water partition coefficient (Wildman–Crippen LogP) is 3.78. The highest BCUT2D eigenvalue weighted by Gasteiger charge is 2.23. The van der Waals surface area contributed by atoms with E-state index in [0.717, 1.165) is 27.9 Å². The van der Waals surface area contributed by atoms with Gasteiger partial charge in [-0.15, -0.1) is 0 Å². The van der Waals surface area contributed by atoms with Crippen LogP contribution in [0.4, 0.5) is 5.82 Å². The molecule has 0 spiro atoms. The lowest BCUT2D eigenvalue weighted by Crippen LogP contribution is -2.31. The Hall–Kier alpha value is -0.130. The molecule has 1 aliphatic carbocycles. The van der Waals surface area contributed by atoms with Crippen LogP contribution in [0.25, 0.3) is 0 Å². The maximum Gasteiger partial charge on any atom is 0.140 e. The average Bonchev–Trinajstić information content (AvgIpc) is 2.38. The molecule has 0 aromatic carbocycles. The van der Waals surface area contributed by atoms with Crippen LogP contribution in [-0.4, -0.2) is 18.1 Å². The summed E-state index contributed by atoms with van der Waals surface area (Å²) >= 11 is 6.93. The molecule has 2 atom stereocenters. The minimum atomic E-state index is 0.667. The van der Waals surface area contributed by atoms with E-state index in [1.54, 1.807) is 0 Å². The molecule has 1 saturated carbocycles. The second-order valence-electron chi connectivity index (χ2n) is 4.91. The highest BCUT2D eigenvalue weighted by Crippen LogP contribution is 2.30. The summed E-state index contributed by atoms with van der Waals surface area (Å²) < 4.78 is 1.98. The minimum Gasteiger partial charge on any atom is -0.369 e. The van der Waals surface area contributed by atoms with Gasteiger partial charge < -0.3 is 11.1 Å². The lowest BCUT2D eigenvalue weighted by atomic mass is 9.79. The van der Waals surface area contributed by atoms with Gasteiger partial charge in [0.2, 0.25) is 0 Å². The number of hydrogen-bond donors (Lipinski definition) is 2. The Morgan fingerprint density at radius 2 is 2.00 bits per heavy atom. The number of nitrogens with zero attached hydrogens (tertiary/aromatic N) is 1. The van der Waals surface area contributed by atoms with Crippen LogP contribution in [0.1, 0.15) is 25.7 Å². The molecule has 1 heterocycles. The maximum atomic E-state index is 5.85. The van der Waals surface area contributed by atoms with Crippen LogP contribution in [0.2, 0.25) is 0 Å². The highest BCUT2D eigenvalue weighted by atomic mass is 79.9. The van der Waals surface area contributed by atoms with Crippen molar-refractivity contribution in [1.82, 2.24) is 4.98 Å². The molecule has 0 radical (unpaired) electrons. The van der Waals surface area contributed by atoms with E-state index >= 15 is 0 Å². The van der Waals surface area contributed by atoms with E-state index in [-0.39, 0.29) is 0 Å². The van der Waals surface area contributed by atoms with Crippen LogP contribution in [0.3, 0.4) is 0 Å². The van der Waals surface area contributed by atoms with Crippen molar-refractivity contribution in [3.63, 3.8) is 0 Å². The molecule has 0 saturated heterocycles. The first-order valence-corrected chi connectivity index (χ1v) is 8.04. The second-order valence-corrected chi connectivity index (χ2v) is 6.68. The zero-order chi connectivity index (χ0) is 13.0. The summed E-state index contributed by atoms with van der Waals surface area (Å²) in [6, 6.07) is 2.01. The third kappa shape index (κ3) is 3.68. The molecule has 1 aromatic rings. The Bertz CT molecular complexity index is 398. The van der Waals surface area contributed by atoms with Gasteiger partial charge in [-0.2, -0.15) is 0 Å². The molecule has 1 fully saturated rings. The fourth-order valence-corrected chi connectivity index (χ4v) is 3.76. The number of halogens is 2. The molecule has 2 unspecified atom stereocenters. The standard InChI is InChI=1S/C13H19Br2N3/c14-11-5-12(15)13(18-8-11)17-7-10-4-2-1-3-9(10)6-16/h5,8-10H,1-4,6-7,16H2,(H,17,18). The summed E-state index contributed by atoms with van der Waals surface area (Å²) in [6.07, 6.45) is 7.03. The van der Waals surface area contributed by atoms with Gasteiger partial charge in [0.05, 0.1) is 4.47 Å². The SMILES string of the molecule is NCC1CCCCC1CNc1ncc(Br)cc1Br. The molecule has 0 bridgehead atoms. The quantitative estimate of drug-likeness (QED) is 0.840. The van der Waals surface area contributed by atoms with E-state index in [1.165, 1.54) is 25.7 Å². The Morgan fingerprint density at radius 3 is 2.67 bits per heavy atom. The van der Waals surface area contributed by atoms with Crippen molar-refractivity contribution in [2.24, 2.45) is 17.6 Å². The van der Waals surface area contributed by atoms with Crippen LogP contribution in [-0.2, 0) is 0 Å². The maximum absolute atomic E-state index is 5.85. The molecule has 0 aliphatic heterocycles. The van der Waals surface area contributed by atoms with Crippen molar-refractivity contribution >= 4 is 37.7 Å². The van der Waals surface area contributed by atoms with Crippen molar-refractivity contribution in [3.05, 3.63) is 21.2 Å². The Balaban J connectivity index is 1.93. The summed E-state index contributed by atoms with van der Waals surface area (Å²) in [7, 11) is 0. The van der Waals surface area contributed by atoms with Crippen molar-refractivity contribution in [3.8, 4) is 0 Å². The van der Waals surface area contributed by atoms with Gasteiger partial charge in [-0.25, -0.2) is 4.98 Å². The fraction of sp³-hybridized carbons (Fsp3) is 0.615. The van der Waals surface area contributed by atoms with E-state index < -0.39 is 0 Å². The molecule has 3 N–H and O–H groups in total. The van der Waals surface area contributed by atoms with Gasteiger partial charge in [0.1, 0.15) is 5.82 Å². The van der Waals surface area contributed by atoms with E-state index in [0.29, 0.717) is 11.8 Å². The van der Waals surface area contributed by atoms with Crippen molar-refractivity contribution in [2.75, 3.05) is 18.4 Å². The van der Waals surface area contributed by atoms with Crippen LogP contribution in [0.15, 0.2) is 21.2 Å². The topological polar surface area (TPSA) is 50.9 Å². The largest absolute Gasteiger partial charge is 0.369 e. The molecule has 18 heavy (non-hydrogen) atoms. The summed E-state index contributed by atoms with van der Waals surface area (Å²) in [5.74, 6) is 2.26. The van der Waals surface area contributed by atoms with Gasteiger partial charge in [-0.3, -0.25) is 0 Å². The predicted molar refractivity (Wildman–Crippen MR) is 82.6 cm³/mol. The van der Waals surface area contributed by atoms with E-state index in [9.17, 15) is 0 Å². The summed E-state index contributed by atoms with van der Waals surface area (Å²) in [5.41, 5.74) is 5.85. The summed E-state index contributed by atoms with van der Waals surface area (Å²) in [6.45, 7) is 1.77. The lowest BCUT2D eigenvalue weighted by Gasteiger charge is -2.30. The molecular weight excluding hydrogens is 358 g/mol. The van der Waals surface area contributed by atoms with Gasteiger partial charge in [0, 0.05) is 17.2 Å². The molecule has 1 aromatic heterocycles. The van der Waals surface area contributed by atoms with Crippen LogP contribution in [0, 0.1) is 11.8 Å². The van der Waals surface area contributed by atoms with Gasteiger partial charge >= 0.3 is 0 Å². The molecule has 5 heteroatoms. The third-order valence-corrected chi connectivity index (χ3v) is 4.75. The normalized spacial score (nSPS) is 23.9. The lowest BCUT2D eigenvalue weighted by molar-refractivity contribution is 0.255. The van der Waals surface area contributed by atoms with Gasteiger partial charge in [0.15, 0.2) is 0 Å².